The lowest BCUT2D eigenvalue weighted by molar-refractivity contribution is -0.218. The fourth-order valence-corrected chi connectivity index (χ4v) is 10.8. The Kier molecular flexibility index (Phi) is 22.2. The molecule has 0 aromatic carbocycles. The molecule has 9 fully saturated rings. The Labute approximate surface area is 364 Å². The van der Waals surface area contributed by atoms with Gasteiger partial charge in [0, 0.05) is 6.42 Å². The maximum Gasteiger partial charge on any atom is 0.347 e. The molecule has 9 nitrogen and oxygen atoms in total. The molecule has 1 aliphatic heterocycles. The van der Waals surface area contributed by atoms with E-state index < -0.39 is 23.1 Å². The summed E-state index contributed by atoms with van der Waals surface area (Å²) in [6.45, 7) is 20.2. The van der Waals surface area contributed by atoms with E-state index in [0.717, 1.165) is 63.2 Å². The highest BCUT2D eigenvalue weighted by molar-refractivity contribution is 5.82. The number of rotatable bonds is 10. The Morgan fingerprint density at radius 2 is 1.05 bits per heavy atom. The lowest BCUT2D eigenvalue weighted by atomic mass is 9.49. The second kappa shape index (κ2) is 22.3. The van der Waals surface area contributed by atoms with Crippen LogP contribution in [0.25, 0.3) is 0 Å². The van der Waals surface area contributed by atoms with Gasteiger partial charge in [0.05, 0.1) is 28.5 Å². The molecule has 0 spiro atoms. The standard InChI is InChI=1S/C18H30O2.C16H26O3.C10H16O4.6CH4/c1-5-17(3,4)16(19)20-18(6-2)14-8-12-7-13(10-14)11-15(18)9-12;1-4-15(2,3)14(17)19-13-11-5-10-6-12(13)9-16(18,7-10)8-11;1-4-10(2,3)9(12)14-7-5-6-13-8(7)11;;;;;;/h12-15H,5-11H2,1-4H3;10-13,18H,4-9H2,1-3H3;7H,4-6H2,1-3H3;6*1H4. The predicted octanol–water partition coefficient (Wildman–Crippen LogP) is 12.6. The molecule has 0 amide bonds. The maximum atomic E-state index is 12.6. The molecule has 8 aliphatic carbocycles. The van der Waals surface area contributed by atoms with E-state index in [4.69, 9.17) is 18.9 Å². The van der Waals surface area contributed by atoms with Crippen LogP contribution in [0.4, 0.5) is 0 Å². The fraction of sp³-hybridized carbons (Fsp3) is 0.920. The molecule has 1 N–H and O–H groups in total. The predicted molar refractivity (Wildman–Crippen MR) is 243 cm³/mol. The van der Waals surface area contributed by atoms with Gasteiger partial charge < -0.3 is 24.1 Å². The molecule has 9 heteroatoms. The maximum absolute atomic E-state index is 12.6. The Balaban J connectivity index is 0. The first kappa shape index (κ1) is 58.9. The van der Waals surface area contributed by atoms with Crippen molar-refractivity contribution in [2.45, 2.75) is 234 Å². The average molecular weight is 841 g/mol. The molecule has 3 unspecified atom stereocenters. The number of carbonyl (C=O) groups is 4. The lowest BCUT2D eigenvalue weighted by Crippen LogP contribution is -2.60. The van der Waals surface area contributed by atoms with Gasteiger partial charge in [0.25, 0.3) is 0 Å². The SMILES string of the molecule is C.C.C.C.C.C.CCC(C)(C)C(=O)OC1(CC)C2CC3CC(C2)CC1C3.CCC(C)(C)C(=O)OC1C2CC3CC1CC(O)(C3)C2.CCC(C)(C)C(=O)OC1CCOC1=O. The smallest absolute Gasteiger partial charge is 0.347 e. The second-order valence-corrected chi connectivity index (χ2v) is 20.1. The van der Waals surface area contributed by atoms with Crippen LogP contribution in [0.5, 0.6) is 0 Å². The van der Waals surface area contributed by atoms with Crippen molar-refractivity contribution in [3.63, 3.8) is 0 Å². The summed E-state index contributed by atoms with van der Waals surface area (Å²) in [6, 6.07) is 0. The molecule has 1 saturated heterocycles. The van der Waals surface area contributed by atoms with Crippen LogP contribution in [-0.2, 0) is 38.1 Å². The van der Waals surface area contributed by atoms with Crippen LogP contribution in [0, 0.1) is 57.7 Å². The van der Waals surface area contributed by atoms with Gasteiger partial charge in [-0.2, -0.15) is 0 Å². The summed E-state index contributed by atoms with van der Waals surface area (Å²) >= 11 is 0. The van der Waals surface area contributed by atoms with E-state index in [0.29, 0.717) is 49.0 Å². The van der Waals surface area contributed by atoms with Crippen LogP contribution in [0.2, 0.25) is 0 Å². The van der Waals surface area contributed by atoms with Gasteiger partial charge in [0.15, 0.2) is 0 Å². The number of hydrogen-bond acceptors (Lipinski definition) is 9. The molecule has 9 aliphatic rings. The molecule has 0 aromatic heterocycles. The number of esters is 4. The zero-order valence-electron chi connectivity index (χ0n) is 34.7. The number of cyclic esters (lactones) is 1. The highest BCUT2D eigenvalue weighted by atomic mass is 16.6. The van der Waals surface area contributed by atoms with Crippen LogP contribution in [0.1, 0.15) is 210 Å². The lowest BCUT2D eigenvalue weighted by Gasteiger charge is -2.60. The summed E-state index contributed by atoms with van der Waals surface area (Å²) in [4.78, 5) is 47.5. The molecule has 8 bridgehead atoms. The average Bonchev–Trinajstić information content (AvgIpc) is 3.50. The highest BCUT2D eigenvalue weighted by Gasteiger charge is 2.59. The zero-order valence-corrected chi connectivity index (χ0v) is 34.7. The minimum atomic E-state index is -0.687. The zero-order chi connectivity index (χ0) is 39.1. The summed E-state index contributed by atoms with van der Waals surface area (Å²) in [6.07, 6.45) is 14.8. The molecule has 1 heterocycles. The van der Waals surface area contributed by atoms with Gasteiger partial charge in [-0.3, -0.25) is 14.4 Å². The number of hydrogen-bond donors (Lipinski definition) is 1. The molecule has 0 aromatic rings. The van der Waals surface area contributed by atoms with Gasteiger partial charge in [-0.25, -0.2) is 4.79 Å². The third kappa shape index (κ3) is 12.5. The van der Waals surface area contributed by atoms with Crippen LogP contribution in [0.15, 0.2) is 0 Å². The summed E-state index contributed by atoms with van der Waals surface area (Å²) in [7, 11) is 0. The Hall–Kier alpha value is -2.16. The largest absolute Gasteiger partial charge is 0.463 e. The Morgan fingerprint density at radius 1 is 0.627 bits per heavy atom. The van der Waals surface area contributed by atoms with E-state index in [-0.39, 0.29) is 85.0 Å². The van der Waals surface area contributed by atoms with E-state index in [1.807, 2.05) is 41.5 Å². The minimum Gasteiger partial charge on any atom is -0.463 e. The van der Waals surface area contributed by atoms with Crippen LogP contribution < -0.4 is 0 Å². The summed E-state index contributed by atoms with van der Waals surface area (Å²) < 4.78 is 21.9. The van der Waals surface area contributed by atoms with Crippen molar-refractivity contribution in [3.05, 3.63) is 0 Å². The van der Waals surface area contributed by atoms with E-state index in [9.17, 15) is 24.3 Å². The third-order valence-electron chi connectivity index (χ3n) is 15.2. The van der Waals surface area contributed by atoms with Crippen molar-refractivity contribution < 1.29 is 43.2 Å². The van der Waals surface area contributed by atoms with E-state index in [2.05, 4.69) is 13.8 Å². The van der Waals surface area contributed by atoms with Crippen molar-refractivity contribution in [1.82, 2.24) is 0 Å². The molecule has 59 heavy (non-hydrogen) atoms. The van der Waals surface area contributed by atoms with Crippen molar-refractivity contribution in [3.8, 4) is 0 Å². The van der Waals surface area contributed by atoms with Gasteiger partial charge in [-0.05, 0) is 173 Å². The van der Waals surface area contributed by atoms with E-state index >= 15 is 0 Å². The molecule has 0 radical (unpaired) electrons. The fourth-order valence-electron chi connectivity index (χ4n) is 10.8. The number of aliphatic hydroxyl groups is 1. The van der Waals surface area contributed by atoms with E-state index in [1.54, 1.807) is 13.8 Å². The second-order valence-electron chi connectivity index (χ2n) is 20.1. The van der Waals surface area contributed by atoms with Crippen molar-refractivity contribution in [2.24, 2.45) is 57.7 Å². The summed E-state index contributed by atoms with van der Waals surface area (Å²) in [5.41, 5.74) is -1.82. The molecule has 8 saturated carbocycles. The highest BCUT2D eigenvalue weighted by Crippen LogP contribution is 2.61. The first-order valence-corrected chi connectivity index (χ1v) is 21.3. The van der Waals surface area contributed by atoms with Crippen molar-refractivity contribution >= 4 is 23.9 Å². The molecular weight excluding hydrogens is 745 g/mol. The molecule has 9 rings (SSSR count). The number of ether oxygens (including phenoxy) is 4. The van der Waals surface area contributed by atoms with Crippen LogP contribution in [-0.4, -0.2) is 59.0 Å². The van der Waals surface area contributed by atoms with Gasteiger partial charge in [0.1, 0.15) is 11.7 Å². The first-order chi connectivity index (χ1) is 24.7. The minimum absolute atomic E-state index is 0. The Bertz CT molecular complexity index is 1300. The summed E-state index contributed by atoms with van der Waals surface area (Å²) in [5.74, 6) is 3.81. The topological polar surface area (TPSA) is 125 Å². The van der Waals surface area contributed by atoms with Crippen LogP contribution in [0.3, 0.4) is 0 Å². The van der Waals surface area contributed by atoms with Gasteiger partial charge in [-0.15, -0.1) is 0 Å². The van der Waals surface area contributed by atoms with Gasteiger partial charge >= 0.3 is 23.9 Å². The van der Waals surface area contributed by atoms with Crippen molar-refractivity contribution in [2.75, 3.05) is 6.61 Å². The Morgan fingerprint density at radius 3 is 1.42 bits per heavy atom. The van der Waals surface area contributed by atoms with Gasteiger partial charge in [0.2, 0.25) is 6.10 Å². The third-order valence-corrected chi connectivity index (χ3v) is 15.2. The van der Waals surface area contributed by atoms with Crippen molar-refractivity contribution in [1.29, 1.82) is 0 Å². The molecule has 350 valence electrons. The van der Waals surface area contributed by atoms with E-state index in [1.165, 1.54) is 32.1 Å². The molecular formula is C50H96O9. The quantitative estimate of drug-likeness (QED) is 0.169. The summed E-state index contributed by atoms with van der Waals surface area (Å²) in [5, 5.41) is 10.5. The van der Waals surface area contributed by atoms with Crippen LogP contribution >= 0.6 is 0 Å². The van der Waals surface area contributed by atoms with Gasteiger partial charge in [-0.1, -0.05) is 72.3 Å². The normalized spacial score (nSPS) is 34.0. The molecule has 3 atom stereocenters. The number of carbonyl (C=O) groups excluding carboxylic acids is 4. The monoisotopic (exact) mass is 841 g/mol. The first-order valence-electron chi connectivity index (χ1n) is 21.3.